The molecule has 1 aromatic heterocycles. The first kappa shape index (κ1) is 19.4. The van der Waals surface area contributed by atoms with Crippen molar-refractivity contribution in [2.45, 2.75) is 13.0 Å². The van der Waals surface area contributed by atoms with Gasteiger partial charge in [-0.25, -0.2) is 10.2 Å². The molecule has 2 rings (SSSR count). The van der Waals surface area contributed by atoms with E-state index in [-0.39, 0.29) is 23.0 Å². The number of carbonyl (C=O) groups is 2. The largest absolute Gasteiger partial charge is 0.465 e. The predicted molar refractivity (Wildman–Crippen MR) is 96.4 cm³/mol. The lowest BCUT2D eigenvalue weighted by Crippen LogP contribution is -2.16. The number of carbonyl (C=O) groups excluding carboxylic acids is 2. The number of nitriles is 1. The monoisotopic (exact) mass is 392 g/mol. The Bertz CT molecular complexity index is 958. The summed E-state index contributed by atoms with van der Waals surface area (Å²) in [6.45, 7) is 0.160. The van der Waals surface area contributed by atoms with Crippen molar-refractivity contribution in [1.82, 2.24) is 9.99 Å². The van der Waals surface area contributed by atoms with Gasteiger partial charge in [-0.1, -0.05) is 35.1 Å². The second kappa shape index (κ2) is 8.94. The highest BCUT2D eigenvalue weighted by molar-refractivity contribution is 7.11. The lowest BCUT2D eigenvalue weighted by Gasteiger charge is -2.06. The number of thiazole rings is 1. The van der Waals surface area contributed by atoms with Gasteiger partial charge in [0.25, 0.3) is 5.91 Å². The van der Waals surface area contributed by atoms with Crippen LogP contribution in [0.25, 0.3) is 0 Å². The van der Waals surface area contributed by atoms with Crippen molar-refractivity contribution in [3.8, 4) is 6.07 Å². The smallest absolute Gasteiger partial charge is 0.337 e. The number of benzene rings is 1. The minimum atomic E-state index is -0.564. The molecule has 26 heavy (non-hydrogen) atoms. The molecule has 0 aliphatic heterocycles. The zero-order valence-corrected chi connectivity index (χ0v) is 15.1. The summed E-state index contributed by atoms with van der Waals surface area (Å²) in [4.78, 5) is 34.9. The summed E-state index contributed by atoms with van der Waals surface area (Å²) in [7, 11) is 1.29. The molecule has 134 valence electrons. The fourth-order valence-electron chi connectivity index (χ4n) is 1.99. The standard InChI is InChI=1S/C16H13ClN4O4S/c1-25-15(23)11-4-2-3-10(7-11)9-21-14(17)12(26-16(21)24)8-19-20-13(22)5-6-18/h2-4,7-8H,5,9H2,1H3,(H,20,22)/b19-8-. The van der Waals surface area contributed by atoms with Crippen LogP contribution in [0.1, 0.15) is 27.2 Å². The van der Waals surface area contributed by atoms with E-state index in [4.69, 9.17) is 16.9 Å². The predicted octanol–water partition coefficient (Wildman–Crippen LogP) is 1.76. The first-order valence-corrected chi connectivity index (χ1v) is 8.41. The third-order valence-corrected chi connectivity index (χ3v) is 4.59. The second-order valence-electron chi connectivity index (χ2n) is 4.93. The van der Waals surface area contributed by atoms with Gasteiger partial charge in [0.05, 0.1) is 36.4 Å². The van der Waals surface area contributed by atoms with E-state index >= 15 is 0 Å². The van der Waals surface area contributed by atoms with Gasteiger partial charge in [-0.2, -0.15) is 10.4 Å². The molecule has 0 aliphatic carbocycles. The number of hydrazone groups is 1. The lowest BCUT2D eigenvalue weighted by molar-refractivity contribution is -0.120. The molecule has 1 aromatic carbocycles. The molecule has 0 atom stereocenters. The maximum absolute atomic E-state index is 12.2. The van der Waals surface area contributed by atoms with E-state index in [1.807, 2.05) is 0 Å². The number of amides is 1. The van der Waals surface area contributed by atoms with Crippen molar-refractivity contribution < 1.29 is 14.3 Å². The van der Waals surface area contributed by atoms with E-state index in [0.717, 1.165) is 11.3 Å². The molecule has 1 heterocycles. The SMILES string of the molecule is COC(=O)c1cccc(Cn2c(Cl)c(/C=N\NC(=O)CC#N)sc2=O)c1. The van der Waals surface area contributed by atoms with Crippen molar-refractivity contribution in [2.75, 3.05) is 7.11 Å². The van der Waals surface area contributed by atoms with Gasteiger partial charge in [0.2, 0.25) is 0 Å². The Morgan fingerprint density at radius 3 is 2.96 bits per heavy atom. The second-order valence-corrected chi connectivity index (χ2v) is 6.28. The van der Waals surface area contributed by atoms with Crippen LogP contribution in [0.2, 0.25) is 5.15 Å². The molecule has 0 bridgehead atoms. The third-order valence-electron chi connectivity index (χ3n) is 3.16. The fraction of sp³-hybridized carbons (Fsp3) is 0.188. The van der Waals surface area contributed by atoms with Crippen LogP contribution in [0.5, 0.6) is 0 Å². The van der Waals surface area contributed by atoms with Gasteiger partial charge in [0.15, 0.2) is 0 Å². The molecule has 0 fully saturated rings. The zero-order chi connectivity index (χ0) is 19.1. The number of hydrogen-bond acceptors (Lipinski definition) is 7. The maximum atomic E-state index is 12.2. The summed E-state index contributed by atoms with van der Waals surface area (Å²) in [6, 6.07) is 8.34. The van der Waals surface area contributed by atoms with Crippen molar-refractivity contribution >= 4 is 41.0 Å². The Hall–Kier alpha value is -2.96. The van der Waals surface area contributed by atoms with E-state index < -0.39 is 11.9 Å². The van der Waals surface area contributed by atoms with Gasteiger partial charge in [-0.05, 0) is 17.7 Å². The van der Waals surface area contributed by atoms with E-state index in [1.54, 1.807) is 30.3 Å². The number of halogens is 1. The quantitative estimate of drug-likeness (QED) is 0.457. The average molecular weight is 393 g/mol. The van der Waals surface area contributed by atoms with E-state index in [0.29, 0.717) is 16.0 Å². The fourth-order valence-corrected chi connectivity index (χ4v) is 3.09. The Morgan fingerprint density at radius 1 is 1.50 bits per heavy atom. The Morgan fingerprint density at radius 2 is 2.27 bits per heavy atom. The molecule has 2 aromatic rings. The van der Waals surface area contributed by atoms with Gasteiger partial charge >= 0.3 is 10.8 Å². The first-order valence-electron chi connectivity index (χ1n) is 7.21. The van der Waals surface area contributed by atoms with Crippen LogP contribution in [-0.4, -0.2) is 29.8 Å². The molecule has 0 aliphatic rings. The molecular weight excluding hydrogens is 380 g/mol. The van der Waals surface area contributed by atoms with Crippen molar-refractivity contribution in [2.24, 2.45) is 5.10 Å². The topological polar surface area (TPSA) is 114 Å². The molecule has 0 spiro atoms. The van der Waals surface area contributed by atoms with Crippen LogP contribution in [0.3, 0.4) is 0 Å². The Labute approximate surface area is 157 Å². The maximum Gasteiger partial charge on any atom is 0.337 e. The van der Waals surface area contributed by atoms with Gasteiger partial charge in [-0.15, -0.1) is 0 Å². The molecule has 0 saturated heterocycles. The summed E-state index contributed by atoms with van der Waals surface area (Å²) in [5.41, 5.74) is 3.22. The minimum Gasteiger partial charge on any atom is -0.465 e. The van der Waals surface area contributed by atoms with Crippen LogP contribution < -0.4 is 10.3 Å². The Balaban J connectivity index is 2.19. The van der Waals surface area contributed by atoms with Crippen LogP contribution in [0.4, 0.5) is 0 Å². The molecule has 1 N–H and O–H groups in total. The summed E-state index contributed by atoms with van der Waals surface area (Å²) >= 11 is 7.07. The summed E-state index contributed by atoms with van der Waals surface area (Å²) in [6.07, 6.45) is 0.921. The highest BCUT2D eigenvalue weighted by Crippen LogP contribution is 2.18. The highest BCUT2D eigenvalue weighted by atomic mass is 35.5. The molecular formula is C16H13ClN4O4S. The van der Waals surface area contributed by atoms with Crippen LogP contribution in [-0.2, 0) is 16.1 Å². The number of ether oxygens (including phenoxy) is 1. The number of esters is 1. The van der Waals surface area contributed by atoms with Gasteiger partial charge in [0, 0.05) is 0 Å². The number of rotatable bonds is 6. The van der Waals surface area contributed by atoms with Crippen molar-refractivity contribution in [3.63, 3.8) is 0 Å². The Kier molecular flexibility index (Phi) is 6.66. The van der Waals surface area contributed by atoms with Crippen LogP contribution in [0.15, 0.2) is 34.2 Å². The van der Waals surface area contributed by atoms with Gasteiger partial charge in [0.1, 0.15) is 11.6 Å². The molecule has 0 radical (unpaired) electrons. The van der Waals surface area contributed by atoms with Crippen molar-refractivity contribution in [1.29, 1.82) is 5.26 Å². The number of aromatic nitrogens is 1. The summed E-state index contributed by atoms with van der Waals surface area (Å²) < 4.78 is 5.99. The highest BCUT2D eigenvalue weighted by Gasteiger charge is 2.13. The van der Waals surface area contributed by atoms with Gasteiger partial charge in [-0.3, -0.25) is 14.2 Å². The molecule has 0 unspecified atom stereocenters. The normalized spacial score (nSPS) is 10.5. The van der Waals surface area contributed by atoms with Crippen molar-refractivity contribution in [3.05, 3.63) is 55.1 Å². The molecule has 8 nitrogen and oxygen atoms in total. The number of nitrogens with zero attached hydrogens (tertiary/aromatic N) is 3. The van der Waals surface area contributed by atoms with E-state index in [9.17, 15) is 14.4 Å². The van der Waals surface area contributed by atoms with E-state index in [1.165, 1.54) is 17.9 Å². The first-order chi connectivity index (χ1) is 12.5. The lowest BCUT2D eigenvalue weighted by atomic mass is 10.1. The number of methoxy groups -OCH3 is 1. The zero-order valence-electron chi connectivity index (χ0n) is 13.6. The van der Waals surface area contributed by atoms with Gasteiger partial charge < -0.3 is 4.74 Å². The molecule has 0 saturated carbocycles. The van der Waals surface area contributed by atoms with Crippen LogP contribution >= 0.6 is 22.9 Å². The minimum absolute atomic E-state index is 0.154. The average Bonchev–Trinajstić information content (AvgIpc) is 2.89. The van der Waals surface area contributed by atoms with Crippen LogP contribution in [0, 0.1) is 11.3 Å². The number of nitrogens with one attached hydrogen (secondary N) is 1. The van der Waals surface area contributed by atoms with E-state index in [2.05, 4.69) is 15.3 Å². The summed E-state index contributed by atoms with van der Waals surface area (Å²) in [5.74, 6) is -1.04. The summed E-state index contributed by atoms with van der Waals surface area (Å²) in [5, 5.41) is 12.2. The number of hydrogen-bond donors (Lipinski definition) is 1. The molecule has 10 heteroatoms. The molecule has 1 amide bonds. The third kappa shape index (κ3) is 4.78.